The Morgan fingerprint density at radius 3 is 2.23 bits per heavy atom. The monoisotopic (exact) mass is 635 g/mol. The van der Waals surface area contributed by atoms with Crippen molar-refractivity contribution in [3.63, 3.8) is 0 Å². The third-order valence-corrected chi connectivity index (χ3v) is 10.4. The van der Waals surface area contributed by atoms with Gasteiger partial charge < -0.3 is 24.5 Å². The van der Waals surface area contributed by atoms with Crippen molar-refractivity contribution in [3.8, 4) is 0 Å². The molecule has 5 atom stereocenters. The van der Waals surface area contributed by atoms with Crippen molar-refractivity contribution in [3.05, 3.63) is 98.1 Å². The first-order valence-corrected chi connectivity index (χ1v) is 16.8. The molecule has 3 aliphatic heterocycles. The second-order valence-corrected chi connectivity index (χ2v) is 13.2. The number of fused-ring (bicyclic) bond motifs is 2. The smallest absolute Gasteiger partial charge is 0.253 e. The minimum Gasteiger partial charge on any atom is -0.396 e. The number of hydrogen-bond donors (Lipinski definition) is 1. The molecule has 2 bridgehead atoms. The first-order chi connectivity index (χ1) is 22.8. The average molecular weight is 636 g/mol. The number of aliphatic hydroxyl groups excluding tert-OH is 1. The van der Waals surface area contributed by atoms with E-state index in [0.717, 1.165) is 35.0 Å². The van der Waals surface area contributed by atoms with Crippen LogP contribution in [0.2, 0.25) is 0 Å². The van der Waals surface area contributed by atoms with Crippen molar-refractivity contribution >= 4 is 39.9 Å². The third-order valence-electron chi connectivity index (χ3n) is 10.4. The zero-order valence-corrected chi connectivity index (χ0v) is 27.2. The molecule has 3 amide bonds. The number of benzene rings is 3. The van der Waals surface area contributed by atoms with Crippen LogP contribution in [0.4, 0.5) is 11.4 Å². The van der Waals surface area contributed by atoms with E-state index in [-0.39, 0.29) is 37.4 Å². The average Bonchev–Trinajstić information content (AvgIpc) is 3.66. The minimum absolute atomic E-state index is 0.121. The fraction of sp³-hybridized carbons (Fsp3) is 0.410. The van der Waals surface area contributed by atoms with E-state index in [1.165, 1.54) is 0 Å². The van der Waals surface area contributed by atoms with Gasteiger partial charge in [-0.2, -0.15) is 0 Å². The standard InChI is InChI=1S/C39H45N3O5/c1-4-23-40(30-17-9-8-10-18-30)35(44)32-33-36(45)42(25-13-6-7-14-26-43)34(39(33)22-21-38(32,3)47-39)37(46)41(24-5-2)31-20-19-28-15-11-12-16-29(28)27-31/h4-5,8-12,15-20,27,32-34,43H,1-2,6-7,13-14,21-26H2,3H3/t32-,33+,34?,38+,39?/m1/s1. The van der Waals surface area contributed by atoms with Crippen LogP contribution in [0, 0.1) is 11.8 Å². The molecular weight excluding hydrogens is 590 g/mol. The van der Waals surface area contributed by atoms with Crippen molar-refractivity contribution in [2.24, 2.45) is 11.8 Å². The maximum absolute atomic E-state index is 15.0. The zero-order valence-electron chi connectivity index (χ0n) is 27.2. The number of amides is 3. The van der Waals surface area contributed by atoms with Gasteiger partial charge in [0.1, 0.15) is 11.6 Å². The first-order valence-electron chi connectivity index (χ1n) is 16.8. The number of aliphatic hydroxyl groups is 1. The molecule has 1 spiro atoms. The Morgan fingerprint density at radius 1 is 0.872 bits per heavy atom. The van der Waals surface area contributed by atoms with Gasteiger partial charge in [-0.3, -0.25) is 14.4 Å². The van der Waals surface area contributed by atoms with Crippen LogP contribution in [0.15, 0.2) is 98.1 Å². The number of nitrogens with zero attached hydrogens (tertiary/aromatic N) is 3. The summed E-state index contributed by atoms with van der Waals surface area (Å²) < 4.78 is 6.94. The van der Waals surface area contributed by atoms with Crippen molar-refractivity contribution in [1.29, 1.82) is 0 Å². The molecule has 3 fully saturated rings. The van der Waals surface area contributed by atoms with Crippen LogP contribution in [0.3, 0.4) is 0 Å². The van der Waals surface area contributed by atoms with Gasteiger partial charge >= 0.3 is 0 Å². The molecule has 1 N–H and O–H groups in total. The Balaban J connectivity index is 1.40. The molecule has 3 heterocycles. The summed E-state index contributed by atoms with van der Waals surface area (Å²) in [4.78, 5) is 49.4. The largest absolute Gasteiger partial charge is 0.396 e. The molecule has 0 aliphatic carbocycles. The number of anilines is 2. The number of para-hydroxylation sites is 1. The highest BCUT2D eigenvalue weighted by Gasteiger charge is 2.78. The lowest BCUT2D eigenvalue weighted by molar-refractivity contribution is -0.144. The van der Waals surface area contributed by atoms with Gasteiger partial charge in [-0.25, -0.2) is 0 Å². The molecular formula is C39H45N3O5. The fourth-order valence-corrected chi connectivity index (χ4v) is 8.24. The maximum atomic E-state index is 15.0. The molecule has 2 unspecified atom stereocenters. The quantitative estimate of drug-likeness (QED) is 0.176. The molecule has 0 aromatic heterocycles. The van der Waals surface area contributed by atoms with Gasteiger partial charge in [0, 0.05) is 37.6 Å². The van der Waals surface area contributed by atoms with Gasteiger partial charge in [0.2, 0.25) is 11.8 Å². The van der Waals surface area contributed by atoms with E-state index < -0.39 is 29.1 Å². The second-order valence-electron chi connectivity index (χ2n) is 13.2. The Morgan fingerprint density at radius 2 is 1.53 bits per heavy atom. The molecule has 6 rings (SSSR count). The van der Waals surface area contributed by atoms with Crippen LogP contribution >= 0.6 is 0 Å². The summed E-state index contributed by atoms with van der Waals surface area (Å²) >= 11 is 0. The molecule has 3 aromatic carbocycles. The molecule has 0 saturated carbocycles. The highest BCUT2D eigenvalue weighted by atomic mass is 16.5. The summed E-state index contributed by atoms with van der Waals surface area (Å²) in [5.74, 6) is -2.16. The van der Waals surface area contributed by atoms with Gasteiger partial charge in [0.25, 0.3) is 5.91 Å². The number of carbonyl (C=O) groups is 3. The van der Waals surface area contributed by atoms with Crippen LogP contribution in [0.1, 0.15) is 45.4 Å². The van der Waals surface area contributed by atoms with E-state index >= 15 is 0 Å². The van der Waals surface area contributed by atoms with E-state index in [9.17, 15) is 19.5 Å². The van der Waals surface area contributed by atoms with Crippen LogP contribution in [0.5, 0.6) is 0 Å². The summed E-state index contributed by atoms with van der Waals surface area (Å²) in [7, 11) is 0. The Hall–Kier alpha value is -4.27. The minimum atomic E-state index is -1.14. The molecule has 246 valence electrons. The topological polar surface area (TPSA) is 90.4 Å². The summed E-state index contributed by atoms with van der Waals surface area (Å²) in [5.41, 5.74) is -0.591. The van der Waals surface area contributed by atoms with Gasteiger partial charge in [-0.05, 0) is 67.6 Å². The molecule has 3 saturated heterocycles. The van der Waals surface area contributed by atoms with E-state index in [2.05, 4.69) is 13.2 Å². The Kier molecular flexibility index (Phi) is 9.35. The van der Waals surface area contributed by atoms with Gasteiger partial charge in [-0.15, -0.1) is 13.2 Å². The van der Waals surface area contributed by atoms with E-state index in [4.69, 9.17) is 4.74 Å². The third kappa shape index (κ3) is 5.68. The highest BCUT2D eigenvalue weighted by Crippen LogP contribution is 2.63. The number of hydrogen-bond acceptors (Lipinski definition) is 5. The van der Waals surface area contributed by atoms with Crippen molar-refractivity contribution in [2.45, 2.75) is 62.7 Å². The summed E-state index contributed by atoms with van der Waals surface area (Å²) in [6.45, 7) is 10.8. The second kappa shape index (κ2) is 13.5. The van der Waals surface area contributed by atoms with Crippen LogP contribution in [-0.2, 0) is 19.1 Å². The summed E-state index contributed by atoms with van der Waals surface area (Å²) in [6.07, 6.45) is 7.47. The molecule has 3 aliphatic rings. The number of likely N-dealkylation sites (tertiary alicyclic amines) is 1. The molecule has 8 heteroatoms. The van der Waals surface area contributed by atoms with Gasteiger partial charge in [0.05, 0.1) is 17.4 Å². The maximum Gasteiger partial charge on any atom is 0.253 e. The first kappa shape index (κ1) is 32.7. The van der Waals surface area contributed by atoms with Crippen molar-refractivity contribution < 1.29 is 24.2 Å². The predicted molar refractivity (Wildman–Crippen MR) is 185 cm³/mol. The number of rotatable bonds is 14. The molecule has 47 heavy (non-hydrogen) atoms. The van der Waals surface area contributed by atoms with Gasteiger partial charge in [-0.1, -0.05) is 73.5 Å². The lowest BCUT2D eigenvalue weighted by atomic mass is 9.66. The highest BCUT2D eigenvalue weighted by molar-refractivity contribution is 6.07. The Labute approximate surface area is 277 Å². The lowest BCUT2D eigenvalue weighted by Gasteiger charge is -2.37. The fourth-order valence-electron chi connectivity index (χ4n) is 8.24. The normalized spacial score (nSPS) is 26.0. The molecule has 3 aromatic rings. The van der Waals surface area contributed by atoms with E-state index in [1.807, 2.05) is 79.7 Å². The van der Waals surface area contributed by atoms with E-state index in [1.54, 1.807) is 26.9 Å². The molecule has 0 radical (unpaired) electrons. The number of unbranched alkanes of at least 4 members (excludes halogenated alkanes) is 3. The Bertz CT molecular complexity index is 1660. The van der Waals surface area contributed by atoms with Crippen molar-refractivity contribution in [2.75, 3.05) is 36.0 Å². The molecule has 8 nitrogen and oxygen atoms in total. The SMILES string of the molecule is C=CCN(C(=O)C1N(CCCCCCO)C(=O)[C@@H]2[C@H](C(=O)N(CC=C)c3ccccc3)[C@]3(C)CCC12O3)c1ccc2ccccc2c1. The van der Waals surface area contributed by atoms with Gasteiger partial charge in [0.15, 0.2) is 0 Å². The van der Waals surface area contributed by atoms with Crippen LogP contribution in [0.25, 0.3) is 10.8 Å². The zero-order chi connectivity index (χ0) is 33.2. The lowest BCUT2D eigenvalue weighted by Crippen LogP contribution is -2.56. The predicted octanol–water partition coefficient (Wildman–Crippen LogP) is 5.90. The number of ether oxygens (including phenoxy) is 1. The van der Waals surface area contributed by atoms with Crippen molar-refractivity contribution in [1.82, 2.24) is 4.90 Å². The van der Waals surface area contributed by atoms with Crippen LogP contribution < -0.4 is 9.80 Å². The number of carbonyl (C=O) groups excluding carboxylic acids is 3. The summed E-state index contributed by atoms with van der Waals surface area (Å²) in [6, 6.07) is 22.5. The van der Waals surface area contributed by atoms with Crippen LogP contribution in [-0.4, -0.2) is 71.2 Å². The summed E-state index contributed by atoms with van der Waals surface area (Å²) in [5, 5.41) is 11.4. The van der Waals surface area contributed by atoms with E-state index in [0.29, 0.717) is 32.2 Å².